The Labute approximate surface area is 113 Å². The van der Waals surface area contributed by atoms with Crippen LogP contribution in [-0.2, 0) is 4.74 Å². The van der Waals surface area contributed by atoms with Crippen LogP contribution in [0.2, 0.25) is 0 Å². The molecule has 108 valence electrons. The first-order valence-electron chi connectivity index (χ1n) is 7.49. The molecule has 0 radical (unpaired) electrons. The normalized spacial score (nSPS) is 26.5. The number of hydrogen-bond donors (Lipinski definition) is 1. The lowest BCUT2D eigenvalue weighted by atomic mass is 10.0. The summed E-state index contributed by atoms with van der Waals surface area (Å²) in [6, 6.07) is 1.21. The highest BCUT2D eigenvalue weighted by molar-refractivity contribution is 4.87. The first-order valence-corrected chi connectivity index (χ1v) is 7.49. The minimum atomic E-state index is -0.0124. The maximum absolute atomic E-state index is 6.00. The molecule has 1 saturated heterocycles. The zero-order chi connectivity index (χ0) is 13.8. The Morgan fingerprint density at radius 3 is 2.56 bits per heavy atom. The van der Waals surface area contributed by atoms with Crippen molar-refractivity contribution < 1.29 is 4.74 Å². The Hall–Kier alpha value is -0.120. The Morgan fingerprint density at radius 2 is 2.06 bits per heavy atom. The third kappa shape index (κ3) is 5.25. The molecule has 0 spiro atoms. The van der Waals surface area contributed by atoms with Gasteiger partial charge in [0.15, 0.2) is 0 Å². The molecule has 1 fully saturated rings. The van der Waals surface area contributed by atoms with Crippen LogP contribution in [0.5, 0.6) is 0 Å². The highest BCUT2D eigenvalue weighted by Crippen LogP contribution is 2.23. The number of nitrogens with zero attached hydrogens (tertiary/aromatic N) is 1. The zero-order valence-corrected chi connectivity index (χ0v) is 13.1. The second-order valence-electron chi connectivity index (χ2n) is 6.62. The molecule has 0 saturated carbocycles. The molecule has 1 N–H and O–H groups in total. The van der Waals surface area contributed by atoms with Crippen LogP contribution >= 0.6 is 0 Å². The van der Waals surface area contributed by atoms with Gasteiger partial charge in [-0.25, -0.2) is 0 Å². The van der Waals surface area contributed by atoms with E-state index in [2.05, 4.69) is 51.8 Å². The SMILES string of the molecule is CCCC(CNC(C)C)N1CC(C)OC(C)(C)C1. The van der Waals surface area contributed by atoms with Crippen LogP contribution in [0.15, 0.2) is 0 Å². The van der Waals surface area contributed by atoms with Crippen LogP contribution in [0.3, 0.4) is 0 Å². The summed E-state index contributed by atoms with van der Waals surface area (Å²) in [6.45, 7) is 16.5. The molecule has 0 aromatic heterocycles. The molecular formula is C15H32N2O. The van der Waals surface area contributed by atoms with E-state index in [-0.39, 0.29) is 5.60 Å². The number of ether oxygens (including phenoxy) is 1. The maximum atomic E-state index is 6.00. The van der Waals surface area contributed by atoms with Gasteiger partial charge in [-0.2, -0.15) is 0 Å². The second kappa shape index (κ2) is 6.88. The van der Waals surface area contributed by atoms with Crippen LogP contribution in [0.1, 0.15) is 54.4 Å². The van der Waals surface area contributed by atoms with Gasteiger partial charge in [0, 0.05) is 31.7 Å². The first-order chi connectivity index (χ1) is 8.34. The van der Waals surface area contributed by atoms with E-state index in [1.165, 1.54) is 12.8 Å². The predicted molar refractivity (Wildman–Crippen MR) is 78.0 cm³/mol. The fourth-order valence-electron chi connectivity index (χ4n) is 2.90. The van der Waals surface area contributed by atoms with Crippen molar-refractivity contribution in [3.8, 4) is 0 Å². The van der Waals surface area contributed by atoms with Crippen molar-refractivity contribution >= 4 is 0 Å². The molecule has 0 bridgehead atoms. The van der Waals surface area contributed by atoms with E-state index in [1.54, 1.807) is 0 Å². The van der Waals surface area contributed by atoms with Crippen LogP contribution in [0.25, 0.3) is 0 Å². The van der Waals surface area contributed by atoms with Crippen molar-refractivity contribution in [2.45, 2.75) is 78.2 Å². The largest absolute Gasteiger partial charge is 0.370 e. The number of rotatable bonds is 6. The molecular weight excluding hydrogens is 224 g/mol. The zero-order valence-electron chi connectivity index (χ0n) is 13.1. The molecule has 3 nitrogen and oxygen atoms in total. The summed E-state index contributed by atoms with van der Waals surface area (Å²) in [7, 11) is 0. The van der Waals surface area contributed by atoms with Gasteiger partial charge in [-0.15, -0.1) is 0 Å². The first kappa shape index (κ1) is 15.9. The van der Waals surface area contributed by atoms with E-state index >= 15 is 0 Å². The summed E-state index contributed by atoms with van der Waals surface area (Å²) in [5.74, 6) is 0. The van der Waals surface area contributed by atoms with E-state index in [9.17, 15) is 0 Å². The summed E-state index contributed by atoms with van der Waals surface area (Å²) < 4.78 is 6.00. The van der Waals surface area contributed by atoms with E-state index in [0.29, 0.717) is 18.2 Å². The smallest absolute Gasteiger partial charge is 0.0757 e. The predicted octanol–water partition coefficient (Wildman–Crippen LogP) is 2.65. The van der Waals surface area contributed by atoms with Crippen molar-refractivity contribution in [2.24, 2.45) is 0 Å². The summed E-state index contributed by atoms with van der Waals surface area (Å²) in [4.78, 5) is 2.62. The molecule has 3 heteroatoms. The van der Waals surface area contributed by atoms with E-state index < -0.39 is 0 Å². The summed E-state index contributed by atoms with van der Waals surface area (Å²) >= 11 is 0. The molecule has 2 unspecified atom stereocenters. The average Bonchev–Trinajstić information content (AvgIpc) is 2.20. The molecule has 1 aliphatic rings. The highest BCUT2D eigenvalue weighted by Gasteiger charge is 2.34. The minimum Gasteiger partial charge on any atom is -0.370 e. The van der Waals surface area contributed by atoms with Gasteiger partial charge < -0.3 is 10.1 Å². The van der Waals surface area contributed by atoms with E-state index in [0.717, 1.165) is 19.6 Å². The third-order valence-electron chi connectivity index (χ3n) is 3.50. The molecule has 2 atom stereocenters. The molecule has 0 aromatic rings. The molecule has 0 aromatic carbocycles. The van der Waals surface area contributed by atoms with Gasteiger partial charge in [0.25, 0.3) is 0 Å². The molecule has 1 rings (SSSR count). The van der Waals surface area contributed by atoms with Gasteiger partial charge in [0.2, 0.25) is 0 Å². The Kier molecular flexibility index (Phi) is 6.09. The quantitative estimate of drug-likeness (QED) is 0.791. The minimum absolute atomic E-state index is 0.0124. The Balaban J connectivity index is 2.60. The molecule has 1 aliphatic heterocycles. The number of hydrogen-bond acceptors (Lipinski definition) is 3. The summed E-state index contributed by atoms with van der Waals surface area (Å²) in [5, 5.41) is 3.59. The van der Waals surface area contributed by atoms with Crippen LogP contribution < -0.4 is 5.32 Å². The standard InChI is InChI=1S/C15H32N2O/c1-7-8-14(9-16-12(2)3)17-10-13(4)18-15(5,6)11-17/h12-14,16H,7-11H2,1-6H3. The molecule has 1 heterocycles. The van der Waals surface area contributed by atoms with Crippen LogP contribution in [0.4, 0.5) is 0 Å². The monoisotopic (exact) mass is 256 g/mol. The van der Waals surface area contributed by atoms with Gasteiger partial charge in [-0.3, -0.25) is 4.90 Å². The Bertz CT molecular complexity index is 241. The lowest BCUT2D eigenvalue weighted by molar-refractivity contribution is -0.138. The fraction of sp³-hybridized carbons (Fsp3) is 1.00. The lowest BCUT2D eigenvalue weighted by Gasteiger charge is -2.45. The summed E-state index contributed by atoms with van der Waals surface area (Å²) in [6.07, 6.45) is 2.85. The van der Waals surface area contributed by atoms with Crippen molar-refractivity contribution in [3.63, 3.8) is 0 Å². The van der Waals surface area contributed by atoms with Gasteiger partial charge in [-0.05, 0) is 27.2 Å². The lowest BCUT2D eigenvalue weighted by Crippen LogP contribution is -2.57. The third-order valence-corrected chi connectivity index (χ3v) is 3.50. The molecule has 0 amide bonds. The van der Waals surface area contributed by atoms with Gasteiger partial charge in [0.05, 0.1) is 11.7 Å². The fourth-order valence-corrected chi connectivity index (χ4v) is 2.90. The second-order valence-corrected chi connectivity index (χ2v) is 6.62. The topological polar surface area (TPSA) is 24.5 Å². The average molecular weight is 256 g/mol. The van der Waals surface area contributed by atoms with Crippen molar-refractivity contribution in [2.75, 3.05) is 19.6 Å². The van der Waals surface area contributed by atoms with Crippen LogP contribution in [-0.4, -0.2) is 48.3 Å². The maximum Gasteiger partial charge on any atom is 0.0757 e. The number of morpholine rings is 1. The van der Waals surface area contributed by atoms with Gasteiger partial charge in [-0.1, -0.05) is 27.2 Å². The van der Waals surface area contributed by atoms with Crippen molar-refractivity contribution in [1.82, 2.24) is 10.2 Å². The van der Waals surface area contributed by atoms with E-state index in [4.69, 9.17) is 4.74 Å². The molecule has 18 heavy (non-hydrogen) atoms. The van der Waals surface area contributed by atoms with Crippen molar-refractivity contribution in [3.05, 3.63) is 0 Å². The Morgan fingerprint density at radius 1 is 1.39 bits per heavy atom. The highest BCUT2D eigenvalue weighted by atomic mass is 16.5. The molecule has 0 aliphatic carbocycles. The van der Waals surface area contributed by atoms with E-state index in [1.807, 2.05) is 0 Å². The van der Waals surface area contributed by atoms with Gasteiger partial charge in [0.1, 0.15) is 0 Å². The summed E-state index contributed by atoms with van der Waals surface area (Å²) in [5.41, 5.74) is -0.0124. The van der Waals surface area contributed by atoms with Crippen LogP contribution in [0, 0.1) is 0 Å². The van der Waals surface area contributed by atoms with Crippen molar-refractivity contribution in [1.29, 1.82) is 0 Å². The number of nitrogens with one attached hydrogen (secondary N) is 1. The van der Waals surface area contributed by atoms with Gasteiger partial charge >= 0.3 is 0 Å².